The summed E-state index contributed by atoms with van der Waals surface area (Å²) >= 11 is 0. The maximum absolute atomic E-state index is 10.6. The lowest BCUT2D eigenvalue weighted by molar-refractivity contribution is 0.0697. The molecule has 0 amide bonds. The number of carboxylic acid groups (broad SMARTS) is 1. The van der Waals surface area contributed by atoms with Gasteiger partial charge in [-0.3, -0.25) is 0 Å². The van der Waals surface area contributed by atoms with Crippen LogP contribution < -0.4 is 5.32 Å². The molecule has 1 aromatic rings. The molecule has 0 aliphatic heterocycles. The molecule has 0 aromatic heterocycles. The van der Waals surface area contributed by atoms with Crippen LogP contribution in [0, 0.1) is 5.41 Å². The lowest BCUT2D eigenvalue weighted by Crippen LogP contribution is -2.18. The van der Waals surface area contributed by atoms with Crippen molar-refractivity contribution in [3.63, 3.8) is 0 Å². The Kier molecular flexibility index (Phi) is 2.83. The van der Waals surface area contributed by atoms with Gasteiger partial charge in [0.25, 0.3) is 0 Å². The SMILES string of the molecule is O=C(O)c1ccc(NCC2(CO)CC2)cc1. The number of hydrogen-bond acceptors (Lipinski definition) is 3. The third kappa shape index (κ3) is 2.33. The lowest BCUT2D eigenvalue weighted by Gasteiger charge is -2.13. The molecule has 2 rings (SSSR count). The number of aliphatic hydroxyl groups is 1. The van der Waals surface area contributed by atoms with Gasteiger partial charge in [0.1, 0.15) is 0 Å². The van der Waals surface area contributed by atoms with Gasteiger partial charge >= 0.3 is 5.97 Å². The van der Waals surface area contributed by atoms with Crippen molar-refractivity contribution < 1.29 is 15.0 Å². The van der Waals surface area contributed by atoms with Gasteiger partial charge in [0.05, 0.1) is 12.2 Å². The largest absolute Gasteiger partial charge is 0.478 e. The molecule has 0 unspecified atom stereocenters. The topological polar surface area (TPSA) is 69.6 Å². The third-order valence-electron chi connectivity index (χ3n) is 3.09. The summed E-state index contributed by atoms with van der Waals surface area (Å²) in [6, 6.07) is 6.64. The third-order valence-corrected chi connectivity index (χ3v) is 3.09. The Labute approximate surface area is 93.9 Å². The molecular weight excluding hydrogens is 206 g/mol. The van der Waals surface area contributed by atoms with E-state index < -0.39 is 5.97 Å². The molecule has 0 heterocycles. The van der Waals surface area contributed by atoms with Gasteiger partial charge in [0.2, 0.25) is 0 Å². The standard InChI is InChI=1S/C12H15NO3/c14-8-12(5-6-12)7-13-10-3-1-9(2-4-10)11(15)16/h1-4,13-14H,5-8H2,(H,15,16). The van der Waals surface area contributed by atoms with E-state index >= 15 is 0 Å². The van der Waals surface area contributed by atoms with Gasteiger partial charge in [-0.15, -0.1) is 0 Å². The summed E-state index contributed by atoms with van der Waals surface area (Å²) in [4.78, 5) is 10.6. The molecular formula is C12H15NO3. The van der Waals surface area contributed by atoms with Gasteiger partial charge in [-0.05, 0) is 37.1 Å². The number of aromatic carboxylic acids is 1. The van der Waals surface area contributed by atoms with Gasteiger partial charge in [-0.25, -0.2) is 4.79 Å². The number of carboxylic acids is 1. The fourth-order valence-electron chi connectivity index (χ4n) is 1.59. The second kappa shape index (κ2) is 4.14. The van der Waals surface area contributed by atoms with Crippen LogP contribution in [0.25, 0.3) is 0 Å². The monoisotopic (exact) mass is 221 g/mol. The highest BCUT2D eigenvalue weighted by atomic mass is 16.4. The minimum atomic E-state index is -0.916. The zero-order valence-corrected chi connectivity index (χ0v) is 8.94. The van der Waals surface area contributed by atoms with Crippen molar-refractivity contribution in [2.24, 2.45) is 5.41 Å². The van der Waals surface area contributed by atoms with Crippen molar-refractivity contribution in [2.75, 3.05) is 18.5 Å². The summed E-state index contributed by atoms with van der Waals surface area (Å²) in [5.41, 5.74) is 1.24. The van der Waals surface area contributed by atoms with Crippen molar-refractivity contribution in [3.8, 4) is 0 Å². The molecule has 4 heteroatoms. The van der Waals surface area contributed by atoms with Crippen LogP contribution >= 0.6 is 0 Å². The number of carbonyl (C=O) groups is 1. The highest BCUT2D eigenvalue weighted by Gasteiger charge is 2.41. The molecule has 86 valence electrons. The van der Waals surface area contributed by atoms with E-state index in [0.29, 0.717) is 0 Å². The molecule has 0 spiro atoms. The van der Waals surface area contributed by atoms with E-state index in [9.17, 15) is 4.79 Å². The fraction of sp³-hybridized carbons (Fsp3) is 0.417. The normalized spacial score (nSPS) is 16.8. The van der Waals surface area contributed by atoms with Crippen LogP contribution in [-0.2, 0) is 0 Å². The maximum Gasteiger partial charge on any atom is 0.335 e. The van der Waals surface area contributed by atoms with Crippen LogP contribution in [0.2, 0.25) is 0 Å². The molecule has 4 nitrogen and oxygen atoms in total. The number of anilines is 1. The molecule has 1 aromatic carbocycles. The van der Waals surface area contributed by atoms with E-state index in [4.69, 9.17) is 10.2 Å². The molecule has 0 atom stereocenters. The number of aliphatic hydroxyl groups excluding tert-OH is 1. The first-order valence-electron chi connectivity index (χ1n) is 5.33. The first-order chi connectivity index (χ1) is 7.65. The Morgan fingerprint density at radius 1 is 1.31 bits per heavy atom. The Morgan fingerprint density at radius 2 is 1.94 bits per heavy atom. The summed E-state index contributed by atoms with van der Waals surface area (Å²) < 4.78 is 0. The Bertz CT molecular complexity index is 382. The first-order valence-corrected chi connectivity index (χ1v) is 5.33. The molecule has 0 bridgehead atoms. The minimum absolute atomic E-state index is 0.0610. The van der Waals surface area contributed by atoms with Crippen LogP contribution in [0.3, 0.4) is 0 Å². The van der Waals surface area contributed by atoms with Crippen molar-refractivity contribution in [2.45, 2.75) is 12.8 Å². The average molecular weight is 221 g/mol. The predicted octanol–water partition coefficient (Wildman–Crippen LogP) is 1.57. The number of benzene rings is 1. The molecule has 1 saturated carbocycles. The highest BCUT2D eigenvalue weighted by molar-refractivity contribution is 5.87. The minimum Gasteiger partial charge on any atom is -0.478 e. The molecule has 1 fully saturated rings. The molecule has 16 heavy (non-hydrogen) atoms. The fourth-order valence-corrected chi connectivity index (χ4v) is 1.59. The Hall–Kier alpha value is -1.55. The van der Waals surface area contributed by atoms with Crippen molar-refractivity contribution in [3.05, 3.63) is 29.8 Å². The van der Waals surface area contributed by atoms with Crippen molar-refractivity contribution in [1.29, 1.82) is 0 Å². The highest BCUT2D eigenvalue weighted by Crippen LogP contribution is 2.44. The van der Waals surface area contributed by atoms with Crippen LogP contribution in [0.1, 0.15) is 23.2 Å². The van der Waals surface area contributed by atoms with Gasteiger partial charge in [-0.1, -0.05) is 0 Å². The van der Waals surface area contributed by atoms with Gasteiger partial charge in [-0.2, -0.15) is 0 Å². The summed E-state index contributed by atoms with van der Waals surface area (Å²) in [7, 11) is 0. The molecule has 1 aliphatic rings. The average Bonchev–Trinajstić information content (AvgIpc) is 3.08. The van der Waals surface area contributed by atoms with Crippen LogP contribution in [0.15, 0.2) is 24.3 Å². The second-order valence-electron chi connectivity index (χ2n) is 4.39. The van der Waals surface area contributed by atoms with E-state index in [1.54, 1.807) is 24.3 Å². The van der Waals surface area contributed by atoms with E-state index in [-0.39, 0.29) is 17.6 Å². The number of hydrogen-bond donors (Lipinski definition) is 3. The summed E-state index contributed by atoms with van der Waals surface area (Å²) in [5.74, 6) is -0.916. The van der Waals surface area contributed by atoms with Gasteiger partial charge in [0, 0.05) is 17.6 Å². The van der Waals surface area contributed by atoms with E-state index in [1.165, 1.54) is 0 Å². The summed E-state index contributed by atoms with van der Waals surface area (Å²) in [5, 5.41) is 21.1. The van der Waals surface area contributed by atoms with E-state index in [1.807, 2.05) is 0 Å². The van der Waals surface area contributed by atoms with E-state index in [0.717, 1.165) is 25.1 Å². The Morgan fingerprint density at radius 3 is 2.38 bits per heavy atom. The molecule has 3 N–H and O–H groups in total. The Balaban J connectivity index is 1.93. The van der Waals surface area contributed by atoms with Crippen LogP contribution in [0.5, 0.6) is 0 Å². The maximum atomic E-state index is 10.6. The summed E-state index contributed by atoms with van der Waals surface area (Å²) in [6.45, 7) is 0.961. The van der Waals surface area contributed by atoms with Crippen LogP contribution in [0.4, 0.5) is 5.69 Å². The second-order valence-corrected chi connectivity index (χ2v) is 4.39. The van der Waals surface area contributed by atoms with E-state index in [2.05, 4.69) is 5.32 Å². The predicted molar refractivity (Wildman–Crippen MR) is 60.6 cm³/mol. The quantitative estimate of drug-likeness (QED) is 0.706. The van der Waals surface area contributed by atoms with Crippen LogP contribution in [-0.4, -0.2) is 29.3 Å². The van der Waals surface area contributed by atoms with Gasteiger partial charge in [0.15, 0.2) is 0 Å². The number of rotatable bonds is 5. The van der Waals surface area contributed by atoms with Crippen molar-refractivity contribution in [1.82, 2.24) is 0 Å². The molecule has 0 saturated heterocycles. The lowest BCUT2D eigenvalue weighted by atomic mass is 10.1. The first kappa shape index (κ1) is 11.0. The van der Waals surface area contributed by atoms with Crippen molar-refractivity contribution >= 4 is 11.7 Å². The smallest absolute Gasteiger partial charge is 0.335 e. The molecule has 1 aliphatic carbocycles. The zero-order chi connectivity index (χ0) is 11.6. The van der Waals surface area contributed by atoms with Gasteiger partial charge < -0.3 is 15.5 Å². The molecule has 0 radical (unpaired) electrons. The number of nitrogens with one attached hydrogen (secondary N) is 1. The summed E-state index contributed by atoms with van der Waals surface area (Å²) in [6.07, 6.45) is 2.12. The zero-order valence-electron chi connectivity index (χ0n) is 8.94.